The average molecular weight is 546 g/mol. The molecule has 1 saturated carbocycles. The summed E-state index contributed by atoms with van der Waals surface area (Å²) >= 11 is 0. The minimum atomic E-state index is -4.39. The number of carbonyl (C=O) groups is 2. The summed E-state index contributed by atoms with van der Waals surface area (Å²) in [6.45, 7) is -0.205. The zero-order valence-corrected chi connectivity index (χ0v) is 21.0. The highest BCUT2D eigenvalue weighted by atomic mass is 19.4. The van der Waals surface area contributed by atoms with Crippen molar-refractivity contribution in [3.8, 4) is 5.75 Å². The fourth-order valence-electron chi connectivity index (χ4n) is 6.45. The van der Waals surface area contributed by atoms with Gasteiger partial charge in [-0.3, -0.25) is 14.7 Å². The number of hydrogen-bond acceptors (Lipinski definition) is 5. The largest absolute Gasteiger partial charge is 0.489 e. The molecule has 1 unspecified atom stereocenters. The van der Waals surface area contributed by atoms with Crippen LogP contribution in [0.25, 0.3) is 11.0 Å². The van der Waals surface area contributed by atoms with Crippen molar-refractivity contribution in [3.05, 3.63) is 48.0 Å². The molecule has 1 N–H and O–H groups in total. The van der Waals surface area contributed by atoms with Crippen LogP contribution in [-0.2, 0) is 15.0 Å². The molecule has 3 aromatic rings. The van der Waals surface area contributed by atoms with Crippen LogP contribution in [0.5, 0.6) is 5.75 Å². The summed E-state index contributed by atoms with van der Waals surface area (Å²) in [6, 6.07) is 5.26. The van der Waals surface area contributed by atoms with Gasteiger partial charge in [-0.1, -0.05) is 6.07 Å². The van der Waals surface area contributed by atoms with Gasteiger partial charge in [0.1, 0.15) is 18.1 Å². The number of likely N-dealkylation sites (tertiary alicyclic amines) is 1. The molecule has 1 spiro atoms. The molecule has 12 heteroatoms. The van der Waals surface area contributed by atoms with Gasteiger partial charge in [0, 0.05) is 23.5 Å². The third kappa shape index (κ3) is 4.59. The van der Waals surface area contributed by atoms with Crippen molar-refractivity contribution in [2.24, 2.45) is 0 Å². The van der Waals surface area contributed by atoms with E-state index in [1.807, 2.05) is 6.07 Å². The van der Waals surface area contributed by atoms with Gasteiger partial charge in [0.2, 0.25) is 11.8 Å². The molecule has 39 heavy (non-hydrogen) atoms. The van der Waals surface area contributed by atoms with E-state index in [4.69, 9.17) is 4.74 Å². The maximum atomic E-state index is 15.3. The highest BCUT2D eigenvalue weighted by Gasteiger charge is 2.54. The number of amides is 2. The van der Waals surface area contributed by atoms with Gasteiger partial charge in [0.25, 0.3) is 0 Å². The lowest BCUT2D eigenvalue weighted by atomic mass is 9.69. The number of hydrogen-bond donors (Lipinski definition) is 1. The minimum absolute atomic E-state index is 0.210. The number of nitrogens with zero attached hydrogens (tertiary/aromatic N) is 4. The first-order valence-corrected chi connectivity index (χ1v) is 13.1. The summed E-state index contributed by atoms with van der Waals surface area (Å²) in [7, 11) is 0. The molecule has 1 aliphatic carbocycles. The number of anilines is 1. The molecule has 2 aromatic heterocycles. The number of halogens is 4. The molecule has 1 aromatic carbocycles. The smallest absolute Gasteiger partial charge is 0.391 e. The number of aromatic amines is 1. The Kier molecular flexibility index (Phi) is 6.22. The molecule has 6 rings (SSSR count). The molecule has 1 atom stereocenters. The highest BCUT2D eigenvalue weighted by Crippen LogP contribution is 2.51. The van der Waals surface area contributed by atoms with Gasteiger partial charge in [-0.15, -0.1) is 0 Å². The summed E-state index contributed by atoms with van der Waals surface area (Å²) in [6.07, 6.45) is -0.122. The predicted octanol–water partition coefficient (Wildman–Crippen LogP) is 4.65. The molecular formula is C27H27F4N5O3. The van der Waals surface area contributed by atoms with Crippen molar-refractivity contribution in [2.45, 2.75) is 68.7 Å². The Morgan fingerprint density at radius 3 is 2.74 bits per heavy atom. The van der Waals surface area contributed by atoms with E-state index in [1.54, 1.807) is 18.5 Å². The van der Waals surface area contributed by atoms with Crippen LogP contribution >= 0.6 is 0 Å². The maximum Gasteiger partial charge on any atom is 0.391 e. The van der Waals surface area contributed by atoms with Crippen LogP contribution in [0.15, 0.2) is 36.7 Å². The monoisotopic (exact) mass is 545 g/mol. The van der Waals surface area contributed by atoms with Crippen molar-refractivity contribution in [1.29, 1.82) is 0 Å². The fraction of sp³-hybridized carbons (Fsp3) is 0.481. The maximum absolute atomic E-state index is 15.3. The van der Waals surface area contributed by atoms with Crippen molar-refractivity contribution >= 4 is 28.5 Å². The Bertz CT molecular complexity index is 1420. The first-order chi connectivity index (χ1) is 18.6. The molecule has 0 bridgehead atoms. The number of alkyl halides is 3. The third-order valence-corrected chi connectivity index (χ3v) is 8.23. The average Bonchev–Trinajstić information content (AvgIpc) is 3.60. The standard InChI is InChI=1S/C27H27F4N5O3/c28-20-4-1-5-21-23(20)26(8-6-18(7-9-26)39-19-11-16-13-33-34-24(16)32-14-19)25(38)36(21)15-22(37)35-10-2-3-17(35)12-27(29,30)31/h1,4-5,11,13-14,17-18H,2-3,6-10,12,15H2,(H,32,33,34). The van der Waals surface area contributed by atoms with E-state index < -0.39 is 42.3 Å². The number of fused-ring (bicyclic) bond motifs is 3. The van der Waals surface area contributed by atoms with E-state index in [1.165, 1.54) is 21.9 Å². The molecule has 2 fully saturated rings. The number of nitrogens with one attached hydrogen (secondary N) is 1. The van der Waals surface area contributed by atoms with Gasteiger partial charge in [-0.25, -0.2) is 9.37 Å². The zero-order chi connectivity index (χ0) is 27.4. The van der Waals surface area contributed by atoms with Crippen LogP contribution in [0.2, 0.25) is 0 Å². The number of aromatic nitrogens is 3. The Balaban J connectivity index is 1.20. The Morgan fingerprint density at radius 2 is 1.97 bits per heavy atom. The van der Waals surface area contributed by atoms with E-state index >= 15 is 4.39 Å². The fourth-order valence-corrected chi connectivity index (χ4v) is 6.45. The predicted molar refractivity (Wildman–Crippen MR) is 133 cm³/mol. The van der Waals surface area contributed by atoms with Crippen molar-refractivity contribution in [1.82, 2.24) is 20.1 Å². The second-order valence-corrected chi connectivity index (χ2v) is 10.6. The zero-order valence-electron chi connectivity index (χ0n) is 21.0. The normalized spacial score (nSPS) is 25.1. The number of H-pyrrole nitrogens is 1. The van der Waals surface area contributed by atoms with Gasteiger partial charge < -0.3 is 14.5 Å². The van der Waals surface area contributed by atoms with Gasteiger partial charge in [0.15, 0.2) is 5.65 Å². The van der Waals surface area contributed by atoms with E-state index in [0.717, 1.165) is 5.39 Å². The van der Waals surface area contributed by atoms with Crippen LogP contribution in [0.4, 0.5) is 23.2 Å². The van der Waals surface area contributed by atoms with E-state index in [0.29, 0.717) is 49.2 Å². The molecule has 8 nitrogen and oxygen atoms in total. The van der Waals surface area contributed by atoms with Crippen molar-refractivity contribution in [2.75, 3.05) is 18.0 Å². The van der Waals surface area contributed by atoms with Crippen LogP contribution in [-0.4, -0.2) is 63.3 Å². The summed E-state index contributed by atoms with van der Waals surface area (Å²) in [4.78, 5) is 33.8. The first-order valence-electron chi connectivity index (χ1n) is 13.1. The molecule has 3 aliphatic rings. The van der Waals surface area contributed by atoms with Gasteiger partial charge >= 0.3 is 6.18 Å². The Morgan fingerprint density at radius 1 is 1.18 bits per heavy atom. The van der Waals surface area contributed by atoms with Crippen LogP contribution < -0.4 is 9.64 Å². The first kappa shape index (κ1) is 25.6. The van der Waals surface area contributed by atoms with Gasteiger partial charge in [-0.05, 0) is 56.7 Å². The van der Waals surface area contributed by atoms with Crippen molar-refractivity contribution < 1.29 is 31.9 Å². The summed E-state index contributed by atoms with van der Waals surface area (Å²) in [5.74, 6) is -0.898. The van der Waals surface area contributed by atoms with Crippen LogP contribution in [0.3, 0.4) is 0 Å². The lowest BCUT2D eigenvalue weighted by molar-refractivity contribution is -0.151. The van der Waals surface area contributed by atoms with Crippen LogP contribution in [0, 0.1) is 5.82 Å². The minimum Gasteiger partial charge on any atom is -0.489 e. The summed E-state index contributed by atoms with van der Waals surface area (Å²) in [5.41, 5.74) is 0.0658. The lowest BCUT2D eigenvalue weighted by Gasteiger charge is -2.36. The van der Waals surface area contributed by atoms with Crippen molar-refractivity contribution in [3.63, 3.8) is 0 Å². The number of benzene rings is 1. The Labute approximate surface area is 221 Å². The second-order valence-electron chi connectivity index (χ2n) is 10.6. The molecule has 2 aliphatic heterocycles. The summed E-state index contributed by atoms with van der Waals surface area (Å²) in [5, 5.41) is 7.53. The van der Waals surface area contributed by atoms with Gasteiger partial charge in [0.05, 0.1) is 36.0 Å². The summed E-state index contributed by atoms with van der Waals surface area (Å²) < 4.78 is 60.5. The lowest BCUT2D eigenvalue weighted by Crippen LogP contribution is -2.49. The molecule has 4 heterocycles. The highest BCUT2D eigenvalue weighted by molar-refractivity contribution is 6.10. The number of ether oxygens (including phenoxy) is 1. The third-order valence-electron chi connectivity index (χ3n) is 8.23. The van der Waals surface area contributed by atoms with E-state index in [-0.39, 0.29) is 30.5 Å². The molecular weight excluding hydrogens is 518 g/mol. The van der Waals surface area contributed by atoms with Crippen LogP contribution in [0.1, 0.15) is 50.5 Å². The number of pyridine rings is 1. The number of carbonyl (C=O) groups excluding carboxylic acids is 2. The quantitative estimate of drug-likeness (QED) is 0.472. The molecule has 1 saturated heterocycles. The molecule has 2 amide bonds. The molecule has 206 valence electrons. The number of rotatable bonds is 5. The topological polar surface area (TPSA) is 91.4 Å². The molecule has 0 radical (unpaired) electrons. The van der Waals surface area contributed by atoms with E-state index in [9.17, 15) is 22.8 Å². The SMILES string of the molecule is O=C(CN1C(=O)C2(CCC(Oc3cnc4[nH]ncc4c3)CC2)c2c(F)cccc21)N1CCCC1CC(F)(F)F. The second kappa shape index (κ2) is 9.49. The van der Waals surface area contributed by atoms with Gasteiger partial charge in [-0.2, -0.15) is 18.3 Å². The Hall–Kier alpha value is -3.70. The van der Waals surface area contributed by atoms with E-state index in [2.05, 4.69) is 15.2 Å².